The van der Waals surface area contributed by atoms with Crippen LogP contribution in [0.3, 0.4) is 0 Å². The van der Waals surface area contributed by atoms with Gasteiger partial charge < -0.3 is 15.2 Å². The van der Waals surface area contributed by atoms with Crippen molar-refractivity contribution >= 4 is 17.4 Å². The Balaban J connectivity index is 2.23. The van der Waals surface area contributed by atoms with E-state index in [9.17, 15) is 19.7 Å². The highest BCUT2D eigenvalue weighted by atomic mass is 16.6. The van der Waals surface area contributed by atoms with Crippen LogP contribution < -0.4 is 5.73 Å². The Morgan fingerprint density at radius 1 is 1.36 bits per heavy atom. The lowest BCUT2D eigenvalue weighted by Gasteiger charge is -2.22. The van der Waals surface area contributed by atoms with Gasteiger partial charge in [-0.3, -0.25) is 14.9 Å². The number of nitrogens with zero attached hydrogens (tertiary/aromatic N) is 1. The Kier molecular flexibility index (Phi) is 4.97. The van der Waals surface area contributed by atoms with Crippen LogP contribution in [-0.2, 0) is 19.1 Å². The van der Waals surface area contributed by atoms with E-state index in [0.717, 1.165) is 0 Å². The van der Waals surface area contributed by atoms with E-state index in [1.807, 2.05) is 13.8 Å². The molecule has 0 radical (unpaired) electrons. The van der Waals surface area contributed by atoms with Crippen LogP contribution in [-0.4, -0.2) is 23.3 Å². The van der Waals surface area contributed by atoms with Gasteiger partial charge in [-0.2, -0.15) is 0 Å². The molecule has 148 valence electrons. The number of ether oxygens (including phenoxy) is 2. The van der Waals surface area contributed by atoms with Gasteiger partial charge in [-0.1, -0.05) is 32.0 Å². The highest BCUT2D eigenvalue weighted by molar-refractivity contribution is 6.10. The number of allylic oxidation sites excluding steroid dienone is 2. The second-order valence-corrected chi connectivity index (χ2v) is 7.63. The number of Topliss-reactive ketones (excluding diaryl/α,β-unsaturated/α-hetero) is 1. The summed E-state index contributed by atoms with van der Waals surface area (Å²) in [6.07, 6.45) is 0.913. The summed E-state index contributed by atoms with van der Waals surface area (Å²) in [4.78, 5) is 37.1. The van der Waals surface area contributed by atoms with Crippen molar-refractivity contribution in [3.8, 4) is 0 Å². The maximum absolute atomic E-state index is 13.5. The second kappa shape index (κ2) is 7.10. The number of para-hydroxylation sites is 1. The quantitative estimate of drug-likeness (QED) is 0.479. The van der Waals surface area contributed by atoms with Crippen LogP contribution in [0, 0.1) is 15.5 Å². The molecule has 0 saturated heterocycles. The Bertz CT molecular complexity index is 928. The van der Waals surface area contributed by atoms with E-state index in [0.29, 0.717) is 24.2 Å². The summed E-state index contributed by atoms with van der Waals surface area (Å²) >= 11 is 0. The highest BCUT2D eigenvalue weighted by Crippen LogP contribution is 2.48. The Hall–Kier alpha value is -3.16. The number of ketones is 1. The standard InChI is InChI=1S/C20H22N2O6/c1-4-27-19(24)16-15(11-7-5-6-8-13(11)22(25)26)17(23)12-9-20(2,3)10-14(12)28-18(16)21/h5-8,15H,4,9-10,21H2,1-3H3. The van der Waals surface area contributed by atoms with E-state index in [4.69, 9.17) is 15.2 Å². The topological polar surface area (TPSA) is 122 Å². The SMILES string of the molecule is CCOC(=O)C1=C(N)OC2=C(CC(C)(C)C2)C(=O)C1c1ccccc1[N+](=O)[O-]. The molecule has 1 heterocycles. The minimum Gasteiger partial charge on any atom is -0.462 e. The second-order valence-electron chi connectivity index (χ2n) is 7.63. The van der Waals surface area contributed by atoms with Crippen molar-refractivity contribution < 1.29 is 24.0 Å². The molecule has 1 aromatic carbocycles. The number of nitrogens with two attached hydrogens (primary N) is 1. The average molecular weight is 386 g/mol. The predicted octanol–water partition coefficient (Wildman–Crippen LogP) is 3.09. The molecule has 28 heavy (non-hydrogen) atoms. The first-order valence-electron chi connectivity index (χ1n) is 9.00. The first-order valence-corrected chi connectivity index (χ1v) is 9.00. The molecular formula is C20H22N2O6. The van der Waals surface area contributed by atoms with Crippen molar-refractivity contribution in [2.45, 2.75) is 39.5 Å². The lowest BCUT2D eigenvalue weighted by molar-refractivity contribution is -0.385. The summed E-state index contributed by atoms with van der Waals surface area (Å²) in [5.74, 6) is -2.34. The molecule has 0 spiro atoms. The number of rotatable bonds is 4. The van der Waals surface area contributed by atoms with Crippen molar-refractivity contribution in [3.05, 3.63) is 62.7 Å². The molecule has 0 amide bonds. The normalized spacial score (nSPS) is 21.1. The number of benzene rings is 1. The van der Waals surface area contributed by atoms with Crippen molar-refractivity contribution in [1.29, 1.82) is 0 Å². The van der Waals surface area contributed by atoms with Crippen LogP contribution in [0.5, 0.6) is 0 Å². The van der Waals surface area contributed by atoms with Gasteiger partial charge in [0.1, 0.15) is 11.3 Å². The van der Waals surface area contributed by atoms with E-state index >= 15 is 0 Å². The molecule has 2 aliphatic rings. The minimum absolute atomic E-state index is 0.0631. The maximum Gasteiger partial charge on any atom is 0.340 e. The van der Waals surface area contributed by atoms with Crippen LogP contribution in [0.15, 0.2) is 47.1 Å². The number of hydrogen-bond acceptors (Lipinski definition) is 7. The Labute approximate surface area is 162 Å². The molecule has 1 aliphatic carbocycles. The molecule has 0 bridgehead atoms. The Morgan fingerprint density at radius 2 is 2.04 bits per heavy atom. The van der Waals surface area contributed by atoms with Crippen LogP contribution >= 0.6 is 0 Å². The third-order valence-electron chi connectivity index (χ3n) is 4.92. The maximum atomic E-state index is 13.5. The highest BCUT2D eigenvalue weighted by Gasteiger charge is 2.46. The van der Waals surface area contributed by atoms with Crippen molar-refractivity contribution in [2.75, 3.05) is 6.61 Å². The molecule has 8 heteroatoms. The monoisotopic (exact) mass is 386 g/mol. The van der Waals surface area contributed by atoms with Crippen molar-refractivity contribution in [3.63, 3.8) is 0 Å². The van der Waals surface area contributed by atoms with Crippen molar-refractivity contribution in [1.82, 2.24) is 0 Å². The number of carbonyl (C=O) groups is 2. The fourth-order valence-electron chi connectivity index (χ4n) is 3.76. The molecule has 8 nitrogen and oxygen atoms in total. The zero-order valence-electron chi connectivity index (χ0n) is 16.0. The van der Waals surface area contributed by atoms with Gasteiger partial charge in [0.05, 0.1) is 17.4 Å². The largest absolute Gasteiger partial charge is 0.462 e. The summed E-state index contributed by atoms with van der Waals surface area (Å²) < 4.78 is 10.8. The molecule has 0 fully saturated rings. The predicted molar refractivity (Wildman–Crippen MR) is 99.8 cm³/mol. The van der Waals surface area contributed by atoms with Gasteiger partial charge in [0.2, 0.25) is 5.88 Å². The number of esters is 1. The van der Waals surface area contributed by atoms with Gasteiger partial charge in [-0.05, 0) is 18.8 Å². The number of carbonyl (C=O) groups excluding carboxylic acids is 2. The van der Waals surface area contributed by atoms with Crippen LogP contribution in [0.2, 0.25) is 0 Å². The smallest absolute Gasteiger partial charge is 0.340 e. The summed E-state index contributed by atoms with van der Waals surface area (Å²) in [7, 11) is 0. The fraction of sp³-hybridized carbons (Fsp3) is 0.400. The zero-order valence-corrected chi connectivity index (χ0v) is 16.0. The summed E-state index contributed by atoms with van der Waals surface area (Å²) in [5.41, 5.74) is 5.89. The summed E-state index contributed by atoms with van der Waals surface area (Å²) in [5, 5.41) is 11.6. The molecule has 0 aromatic heterocycles. The van der Waals surface area contributed by atoms with Gasteiger partial charge in [0.25, 0.3) is 5.69 Å². The van der Waals surface area contributed by atoms with E-state index in [2.05, 4.69) is 0 Å². The van der Waals surface area contributed by atoms with E-state index < -0.39 is 22.6 Å². The first-order chi connectivity index (χ1) is 13.2. The molecule has 2 N–H and O–H groups in total. The van der Waals surface area contributed by atoms with Gasteiger partial charge >= 0.3 is 5.97 Å². The van der Waals surface area contributed by atoms with Gasteiger partial charge in [-0.15, -0.1) is 0 Å². The molecule has 0 saturated carbocycles. The molecule has 1 aliphatic heterocycles. The molecule has 1 atom stereocenters. The molecule has 1 unspecified atom stereocenters. The van der Waals surface area contributed by atoms with Gasteiger partial charge in [0, 0.05) is 23.6 Å². The van der Waals surface area contributed by atoms with Gasteiger partial charge in [0.15, 0.2) is 5.78 Å². The molecular weight excluding hydrogens is 364 g/mol. The van der Waals surface area contributed by atoms with Crippen LogP contribution in [0.4, 0.5) is 5.69 Å². The zero-order chi connectivity index (χ0) is 20.6. The summed E-state index contributed by atoms with van der Waals surface area (Å²) in [6, 6.07) is 5.83. The molecule has 3 rings (SSSR count). The van der Waals surface area contributed by atoms with Crippen molar-refractivity contribution in [2.24, 2.45) is 11.1 Å². The van der Waals surface area contributed by atoms with Gasteiger partial charge in [-0.25, -0.2) is 4.79 Å². The first kappa shape index (κ1) is 19.6. The Morgan fingerprint density at radius 3 is 2.68 bits per heavy atom. The van der Waals surface area contributed by atoms with Crippen LogP contribution in [0.1, 0.15) is 45.1 Å². The van der Waals surface area contributed by atoms with E-state index in [1.165, 1.54) is 18.2 Å². The van der Waals surface area contributed by atoms with Crippen LogP contribution in [0.25, 0.3) is 0 Å². The minimum atomic E-state index is -1.26. The molecule has 1 aromatic rings. The average Bonchev–Trinajstić information content (AvgIpc) is 2.88. The third kappa shape index (κ3) is 3.37. The fourth-order valence-corrected chi connectivity index (χ4v) is 3.76. The third-order valence-corrected chi connectivity index (χ3v) is 4.92. The lowest BCUT2D eigenvalue weighted by Crippen LogP contribution is -2.26. The summed E-state index contributed by atoms with van der Waals surface area (Å²) in [6.45, 7) is 5.66. The van der Waals surface area contributed by atoms with E-state index in [1.54, 1.807) is 13.0 Å². The van der Waals surface area contributed by atoms with E-state index in [-0.39, 0.29) is 34.7 Å². The number of nitro groups is 1. The number of hydrogen-bond donors (Lipinski definition) is 1. The number of nitro benzene ring substituents is 1. The lowest BCUT2D eigenvalue weighted by atomic mass is 9.81.